The fraction of sp³-hybridized carbons (Fsp3) is 0.429. The van der Waals surface area contributed by atoms with E-state index in [0.717, 1.165) is 37.7 Å². The van der Waals surface area contributed by atoms with Gasteiger partial charge in [0, 0.05) is 23.5 Å². The lowest BCUT2D eigenvalue weighted by atomic mass is 10.1. The maximum Gasteiger partial charge on any atom is 0.256 e. The average molecular weight is 432 g/mol. The van der Waals surface area contributed by atoms with E-state index in [4.69, 9.17) is 0 Å². The number of nitriles is 1. The minimum Gasteiger partial charge on any atom is -0.312 e. The number of sulfonamides is 1. The Hall–Kier alpha value is -2.21. The maximum absolute atomic E-state index is 12.7. The molecule has 0 bridgehead atoms. The lowest BCUT2D eigenvalue weighted by Gasteiger charge is -2.21. The molecule has 6 nitrogen and oxygen atoms in total. The van der Waals surface area contributed by atoms with Crippen LogP contribution in [0.5, 0.6) is 0 Å². The fourth-order valence-electron chi connectivity index (χ4n) is 3.35. The second kappa shape index (κ2) is 8.66. The Kier molecular flexibility index (Phi) is 6.42. The zero-order valence-corrected chi connectivity index (χ0v) is 18.5. The van der Waals surface area contributed by atoms with Crippen LogP contribution >= 0.6 is 11.3 Å². The monoisotopic (exact) mass is 431 g/mol. The number of carbonyl (C=O) groups excluding carboxylic acids is 1. The molecule has 1 N–H and O–H groups in total. The molecular weight excluding hydrogens is 406 g/mol. The Bertz CT molecular complexity index is 1050. The molecule has 0 unspecified atom stereocenters. The van der Waals surface area contributed by atoms with Crippen LogP contribution in [0, 0.1) is 11.3 Å². The van der Waals surface area contributed by atoms with Gasteiger partial charge in [-0.3, -0.25) is 4.79 Å². The third-order valence-corrected chi connectivity index (χ3v) is 8.54. The summed E-state index contributed by atoms with van der Waals surface area (Å²) in [6, 6.07) is 7.97. The van der Waals surface area contributed by atoms with Gasteiger partial charge < -0.3 is 5.32 Å². The van der Waals surface area contributed by atoms with Crippen LogP contribution in [-0.2, 0) is 22.9 Å². The van der Waals surface area contributed by atoms with Gasteiger partial charge in [0.05, 0.1) is 10.5 Å². The molecule has 154 valence electrons. The first-order chi connectivity index (χ1) is 13.8. The van der Waals surface area contributed by atoms with E-state index in [1.165, 1.54) is 51.8 Å². The standard InChI is InChI=1S/C21H25N3O3S2/c1-14(2)24(3)29(26,27)16-11-9-15(10-12-16)20(25)23-21-18(13-22)17-7-5-4-6-8-19(17)28-21/h9-12,14H,4-8H2,1-3H3,(H,23,25). The van der Waals surface area contributed by atoms with Gasteiger partial charge in [-0.05, 0) is 69.4 Å². The number of fused-ring (bicyclic) bond motifs is 1. The first-order valence-electron chi connectivity index (χ1n) is 9.69. The molecule has 0 saturated heterocycles. The number of hydrogen-bond donors (Lipinski definition) is 1. The highest BCUT2D eigenvalue weighted by atomic mass is 32.2. The number of thiophene rings is 1. The van der Waals surface area contributed by atoms with Crippen molar-refractivity contribution in [3.8, 4) is 6.07 Å². The van der Waals surface area contributed by atoms with Gasteiger partial charge in [-0.25, -0.2) is 8.42 Å². The molecule has 0 radical (unpaired) electrons. The number of amides is 1. The highest BCUT2D eigenvalue weighted by Gasteiger charge is 2.24. The number of anilines is 1. The Morgan fingerprint density at radius 1 is 1.17 bits per heavy atom. The first kappa shape index (κ1) is 21.5. The third kappa shape index (κ3) is 4.37. The van der Waals surface area contributed by atoms with Gasteiger partial charge in [-0.2, -0.15) is 9.57 Å². The Morgan fingerprint density at radius 2 is 1.83 bits per heavy atom. The van der Waals surface area contributed by atoms with Crippen molar-refractivity contribution in [1.29, 1.82) is 5.26 Å². The zero-order chi connectivity index (χ0) is 21.2. The van der Waals surface area contributed by atoms with E-state index in [9.17, 15) is 18.5 Å². The number of nitrogens with zero attached hydrogens (tertiary/aromatic N) is 2. The Morgan fingerprint density at radius 3 is 2.45 bits per heavy atom. The van der Waals surface area contributed by atoms with Crippen molar-refractivity contribution < 1.29 is 13.2 Å². The van der Waals surface area contributed by atoms with Gasteiger partial charge in [0.25, 0.3) is 5.91 Å². The summed E-state index contributed by atoms with van der Waals surface area (Å²) in [7, 11) is -2.06. The average Bonchev–Trinajstić information content (AvgIpc) is 2.86. The Balaban J connectivity index is 1.81. The fourth-order valence-corrected chi connectivity index (χ4v) is 5.95. The van der Waals surface area contributed by atoms with Crippen LogP contribution in [0.25, 0.3) is 0 Å². The van der Waals surface area contributed by atoms with E-state index in [0.29, 0.717) is 16.1 Å². The summed E-state index contributed by atoms with van der Waals surface area (Å²) in [5.41, 5.74) is 1.99. The summed E-state index contributed by atoms with van der Waals surface area (Å²) >= 11 is 1.48. The third-order valence-electron chi connectivity index (χ3n) is 5.28. The van der Waals surface area contributed by atoms with Crippen LogP contribution < -0.4 is 5.32 Å². The van der Waals surface area contributed by atoms with Crippen molar-refractivity contribution in [3.05, 3.63) is 45.8 Å². The normalized spacial score (nSPS) is 14.3. The minimum atomic E-state index is -3.60. The summed E-state index contributed by atoms with van der Waals surface area (Å²) in [5, 5.41) is 13.0. The second-order valence-corrected chi connectivity index (χ2v) is 10.6. The molecule has 0 aliphatic heterocycles. The number of carbonyl (C=O) groups is 1. The molecule has 29 heavy (non-hydrogen) atoms. The van der Waals surface area contributed by atoms with Crippen LogP contribution in [0.3, 0.4) is 0 Å². The van der Waals surface area contributed by atoms with Crippen LogP contribution in [0.2, 0.25) is 0 Å². The number of hydrogen-bond acceptors (Lipinski definition) is 5. The number of nitrogens with one attached hydrogen (secondary N) is 1. The quantitative estimate of drug-likeness (QED) is 0.720. The van der Waals surface area contributed by atoms with E-state index in [1.807, 2.05) is 0 Å². The number of aryl methyl sites for hydroxylation is 1. The zero-order valence-electron chi connectivity index (χ0n) is 16.9. The molecule has 0 saturated carbocycles. The summed E-state index contributed by atoms with van der Waals surface area (Å²) < 4.78 is 26.4. The van der Waals surface area contributed by atoms with E-state index in [1.54, 1.807) is 13.8 Å². The van der Waals surface area contributed by atoms with E-state index in [-0.39, 0.29) is 16.8 Å². The topological polar surface area (TPSA) is 90.3 Å². The molecule has 0 atom stereocenters. The largest absolute Gasteiger partial charge is 0.312 e. The van der Waals surface area contributed by atoms with Crippen molar-refractivity contribution in [2.45, 2.75) is 56.9 Å². The lowest BCUT2D eigenvalue weighted by molar-refractivity contribution is 0.102. The van der Waals surface area contributed by atoms with Crippen molar-refractivity contribution in [1.82, 2.24) is 4.31 Å². The van der Waals surface area contributed by atoms with Crippen molar-refractivity contribution in [2.75, 3.05) is 12.4 Å². The van der Waals surface area contributed by atoms with E-state index in [2.05, 4.69) is 11.4 Å². The lowest BCUT2D eigenvalue weighted by Crippen LogP contribution is -2.33. The second-order valence-electron chi connectivity index (χ2n) is 7.47. The molecule has 0 spiro atoms. The molecule has 2 aromatic rings. The minimum absolute atomic E-state index is 0.144. The van der Waals surface area contributed by atoms with Gasteiger partial charge in [0.1, 0.15) is 11.1 Å². The van der Waals surface area contributed by atoms with Gasteiger partial charge in [0.2, 0.25) is 10.0 Å². The molecule has 1 aromatic heterocycles. The van der Waals surface area contributed by atoms with Crippen molar-refractivity contribution >= 4 is 32.3 Å². The van der Waals surface area contributed by atoms with Gasteiger partial charge >= 0.3 is 0 Å². The SMILES string of the molecule is CC(C)N(C)S(=O)(=O)c1ccc(C(=O)Nc2sc3c(c2C#N)CCCCC3)cc1. The summed E-state index contributed by atoms with van der Waals surface area (Å²) in [6.07, 6.45) is 5.15. The van der Waals surface area contributed by atoms with Crippen LogP contribution in [-0.4, -0.2) is 31.7 Å². The van der Waals surface area contributed by atoms with Crippen LogP contribution in [0.1, 0.15) is 59.5 Å². The first-order valence-corrected chi connectivity index (χ1v) is 12.0. The predicted octanol–water partition coefficient (Wildman–Crippen LogP) is 4.17. The molecular formula is C21H25N3O3S2. The smallest absolute Gasteiger partial charge is 0.256 e. The molecule has 1 aliphatic carbocycles. The molecule has 8 heteroatoms. The maximum atomic E-state index is 12.7. The highest BCUT2D eigenvalue weighted by molar-refractivity contribution is 7.89. The van der Waals surface area contributed by atoms with Gasteiger partial charge in [-0.1, -0.05) is 6.42 Å². The van der Waals surface area contributed by atoms with E-state index >= 15 is 0 Å². The predicted molar refractivity (Wildman–Crippen MR) is 115 cm³/mol. The van der Waals surface area contributed by atoms with Gasteiger partial charge in [0.15, 0.2) is 0 Å². The Labute approximate surface area is 176 Å². The number of rotatable bonds is 5. The van der Waals surface area contributed by atoms with Crippen molar-refractivity contribution in [3.63, 3.8) is 0 Å². The summed E-state index contributed by atoms with van der Waals surface area (Å²) in [4.78, 5) is 14.0. The number of benzene rings is 1. The summed E-state index contributed by atoms with van der Waals surface area (Å²) in [6.45, 7) is 3.60. The van der Waals surface area contributed by atoms with Crippen molar-refractivity contribution in [2.24, 2.45) is 0 Å². The van der Waals surface area contributed by atoms with Gasteiger partial charge in [-0.15, -0.1) is 11.3 Å². The molecule has 1 aromatic carbocycles. The molecule has 3 rings (SSSR count). The molecule has 0 fully saturated rings. The molecule has 1 amide bonds. The molecule has 1 aliphatic rings. The summed E-state index contributed by atoms with van der Waals surface area (Å²) in [5.74, 6) is -0.348. The van der Waals surface area contributed by atoms with Crippen LogP contribution in [0.15, 0.2) is 29.2 Å². The van der Waals surface area contributed by atoms with Crippen LogP contribution in [0.4, 0.5) is 5.00 Å². The van der Waals surface area contributed by atoms with E-state index < -0.39 is 10.0 Å². The highest BCUT2D eigenvalue weighted by Crippen LogP contribution is 2.37. The molecule has 1 heterocycles.